The molecule has 0 aliphatic rings. The fourth-order valence-corrected chi connectivity index (χ4v) is 1.86. The minimum atomic E-state index is -0.740. The molecule has 2 N–H and O–H groups in total. The Kier molecular flexibility index (Phi) is 4.53. The van der Waals surface area contributed by atoms with Gasteiger partial charge >= 0.3 is 0 Å². The van der Waals surface area contributed by atoms with Gasteiger partial charge < -0.3 is 15.2 Å². The highest BCUT2D eigenvalue weighted by Gasteiger charge is 2.12. The van der Waals surface area contributed by atoms with Gasteiger partial charge in [-0.05, 0) is 42.4 Å². The maximum Gasteiger partial charge on any atom is 0.191 e. The Labute approximate surface area is 115 Å². The van der Waals surface area contributed by atoms with E-state index in [4.69, 9.17) is 4.74 Å². The van der Waals surface area contributed by atoms with Crippen molar-refractivity contribution in [3.63, 3.8) is 0 Å². The van der Waals surface area contributed by atoms with Crippen LogP contribution in [-0.4, -0.2) is 12.2 Å². The van der Waals surface area contributed by atoms with Crippen LogP contribution in [0.4, 0.5) is 8.78 Å². The van der Waals surface area contributed by atoms with Crippen LogP contribution < -0.4 is 10.1 Å². The third kappa shape index (κ3) is 3.45. The predicted octanol–water partition coefficient (Wildman–Crippen LogP) is 2.97. The summed E-state index contributed by atoms with van der Waals surface area (Å²) in [7, 11) is 1.70. The van der Waals surface area contributed by atoms with Crippen LogP contribution in [0.3, 0.4) is 0 Å². The summed E-state index contributed by atoms with van der Waals surface area (Å²) < 4.78 is 32.7. The van der Waals surface area contributed by atoms with Gasteiger partial charge in [0.15, 0.2) is 17.4 Å². The van der Waals surface area contributed by atoms with Crippen molar-refractivity contribution in [1.82, 2.24) is 5.32 Å². The lowest BCUT2D eigenvalue weighted by Gasteiger charge is -2.10. The first kappa shape index (κ1) is 14.3. The molecule has 106 valence electrons. The summed E-state index contributed by atoms with van der Waals surface area (Å²) in [4.78, 5) is 0. The lowest BCUT2D eigenvalue weighted by atomic mass is 10.2. The topological polar surface area (TPSA) is 41.5 Å². The molecule has 0 heterocycles. The summed E-state index contributed by atoms with van der Waals surface area (Å²) >= 11 is 0. The number of nitrogens with one attached hydrogen (secondary N) is 1. The zero-order chi connectivity index (χ0) is 14.5. The minimum absolute atomic E-state index is 0.0202. The Balaban J connectivity index is 2.13. The normalized spacial score (nSPS) is 10.6. The second-order valence-electron chi connectivity index (χ2n) is 4.38. The summed E-state index contributed by atoms with van der Waals surface area (Å²) in [6.07, 6.45) is 0. The van der Waals surface area contributed by atoms with Crippen molar-refractivity contribution in [3.05, 3.63) is 59.2 Å². The minimum Gasteiger partial charge on any atom is -0.508 e. The van der Waals surface area contributed by atoms with Gasteiger partial charge in [0.25, 0.3) is 0 Å². The van der Waals surface area contributed by atoms with Crippen LogP contribution in [0, 0.1) is 11.6 Å². The van der Waals surface area contributed by atoms with Crippen LogP contribution >= 0.6 is 0 Å². The largest absolute Gasteiger partial charge is 0.508 e. The van der Waals surface area contributed by atoms with E-state index in [-0.39, 0.29) is 12.4 Å². The molecule has 0 aromatic heterocycles. The Morgan fingerprint density at radius 1 is 1.10 bits per heavy atom. The third-order valence-corrected chi connectivity index (χ3v) is 2.73. The van der Waals surface area contributed by atoms with Crippen molar-refractivity contribution in [3.8, 4) is 11.5 Å². The molecule has 5 heteroatoms. The maximum absolute atomic E-state index is 13.8. The van der Waals surface area contributed by atoms with E-state index in [1.807, 2.05) is 0 Å². The van der Waals surface area contributed by atoms with E-state index in [2.05, 4.69) is 5.32 Å². The zero-order valence-corrected chi connectivity index (χ0v) is 11.0. The van der Waals surface area contributed by atoms with Gasteiger partial charge in [-0.1, -0.05) is 12.1 Å². The molecule has 0 spiro atoms. The Hall–Kier alpha value is -2.14. The molecule has 0 unspecified atom stereocenters. The third-order valence-electron chi connectivity index (χ3n) is 2.73. The van der Waals surface area contributed by atoms with Crippen LogP contribution in [0.25, 0.3) is 0 Å². The van der Waals surface area contributed by atoms with Crippen molar-refractivity contribution in [1.29, 1.82) is 0 Å². The number of halogens is 2. The molecule has 0 bridgehead atoms. The van der Waals surface area contributed by atoms with Crippen LogP contribution in [0.2, 0.25) is 0 Å². The first-order chi connectivity index (χ1) is 9.60. The Bertz CT molecular complexity index is 579. The second-order valence-corrected chi connectivity index (χ2v) is 4.38. The zero-order valence-electron chi connectivity index (χ0n) is 11.0. The molecule has 0 amide bonds. The maximum atomic E-state index is 13.8. The van der Waals surface area contributed by atoms with Crippen LogP contribution in [0.1, 0.15) is 11.1 Å². The molecular formula is C15H15F2NO2. The summed E-state index contributed by atoms with van der Waals surface area (Å²) in [5.41, 5.74) is 1.13. The van der Waals surface area contributed by atoms with Gasteiger partial charge in [0.2, 0.25) is 0 Å². The number of hydrogen-bond donors (Lipinski definition) is 2. The molecule has 0 radical (unpaired) electrons. The van der Waals surface area contributed by atoms with Gasteiger partial charge in [-0.15, -0.1) is 0 Å². The van der Waals surface area contributed by atoms with Crippen LogP contribution in [-0.2, 0) is 13.2 Å². The fourth-order valence-electron chi connectivity index (χ4n) is 1.86. The van der Waals surface area contributed by atoms with E-state index < -0.39 is 17.4 Å². The van der Waals surface area contributed by atoms with Crippen LogP contribution in [0.15, 0.2) is 36.4 Å². The monoisotopic (exact) mass is 279 g/mol. The molecule has 0 saturated heterocycles. The van der Waals surface area contributed by atoms with Gasteiger partial charge in [0.1, 0.15) is 12.4 Å². The number of phenolic OH excluding ortho intramolecular Hbond substituents is 1. The lowest BCUT2D eigenvalue weighted by molar-refractivity contribution is 0.273. The number of benzene rings is 2. The number of ether oxygens (including phenoxy) is 1. The number of hydrogen-bond acceptors (Lipinski definition) is 3. The van der Waals surface area contributed by atoms with E-state index in [1.165, 1.54) is 24.3 Å². The number of rotatable bonds is 5. The highest BCUT2D eigenvalue weighted by Crippen LogP contribution is 2.24. The van der Waals surface area contributed by atoms with Gasteiger partial charge in [-0.3, -0.25) is 0 Å². The molecule has 0 fully saturated rings. The van der Waals surface area contributed by atoms with Gasteiger partial charge in [-0.25, -0.2) is 8.78 Å². The molecule has 0 atom stereocenters. The first-order valence-electron chi connectivity index (χ1n) is 6.13. The van der Waals surface area contributed by atoms with E-state index in [0.29, 0.717) is 17.7 Å². The van der Waals surface area contributed by atoms with E-state index >= 15 is 0 Å². The molecule has 2 aromatic rings. The van der Waals surface area contributed by atoms with Crippen molar-refractivity contribution in [2.75, 3.05) is 7.05 Å². The number of phenols is 1. The smallest absolute Gasteiger partial charge is 0.191 e. The van der Waals surface area contributed by atoms with Crippen molar-refractivity contribution in [2.24, 2.45) is 0 Å². The average Bonchev–Trinajstić information content (AvgIpc) is 2.38. The van der Waals surface area contributed by atoms with E-state index in [9.17, 15) is 13.9 Å². The Morgan fingerprint density at radius 3 is 2.40 bits per heavy atom. The van der Waals surface area contributed by atoms with E-state index in [1.54, 1.807) is 19.2 Å². The van der Waals surface area contributed by atoms with Crippen molar-refractivity contribution < 1.29 is 18.6 Å². The quantitative estimate of drug-likeness (QED) is 0.884. The van der Waals surface area contributed by atoms with Gasteiger partial charge in [0, 0.05) is 6.54 Å². The molecule has 2 rings (SSSR count). The van der Waals surface area contributed by atoms with Crippen LogP contribution in [0.5, 0.6) is 11.5 Å². The molecule has 0 aliphatic carbocycles. The molecule has 20 heavy (non-hydrogen) atoms. The number of aromatic hydroxyl groups is 1. The Morgan fingerprint density at radius 2 is 1.80 bits per heavy atom. The summed E-state index contributed by atoms with van der Waals surface area (Å²) in [5, 5.41) is 12.1. The standard InChI is InChI=1S/C15H15F2NO2/c1-18-8-11-6-13(16)15(14(17)7-11)20-9-10-3-2-4-12(19)5-10/h2-7,18-19H,8-9H2,1H3. The molecular weight excluding hydrogens is 264 g/mol. The van der Waals surface area contributed by atoms with Gasteiger partial charge in [-0.2, -0.15) is 0 Å². The predicted molar refractivity (Wildman–Crippen MR) is 71.6 cm³/mol. The summed E-state index contributed by atoms with van der Waals surface area (Å²) in [6.45, 7) is 0.355. The highest BCUT2D eigenvalue weighted by atomic mass is 19.1. The summed E-state index contributed by atoms with van der Waals surface area (Å²) in [5.74, 6) is -1.81. The van der Waals surface area contributed by atoms with Gasteiger partial charge in [0.05, 0.1) is 0 Å². The molecule has 0 aliphatic heterocycles. The average molecular weight is 279 g/mol. The van der Waals surface area contributed by atoms with Crippen molar-refractivity contribution >= 4 is 0 Å². The lowest BCUT2D eigenvalue weighted by Crippen LogP contribution is -2.07. The second kappa shape index (κ2) is 6.34. The first-order valence-corrected chi connectivity index (χ1v) is 6.13. The van der Waals surface area contributed by atoms with Crippen molar-refractivity contribution in [2.45, 2.75) is 13.2 Å². The molecule has 2 aromatic carbocycles. The SMILES string of the molecule is CNCc1cc(F)c(OCc2cccc(O)c2)c(F)c1. The highest BCUT2D eigenvalue weighted by molar-refractivity contribution is 5.32. The van der Waals surface area contributed by atoms with E-state index in [0.717, 1.165) is 0 Å². The fraction of sp³-hybridized carbons (Fsp3) is 0.200. The molecule has 0 saturated carbocycles. The molecule has 3 nitrogen and oxygen atoms in total. The summed E-state index contributed by atoms with van der Waals surface area (Å²) in [6, 6.07) is 8.79.